The van der Waals surface area contributed by atoms with Crippen LogP contribution in [0, 0.1) is 19.8 Å². The third-order valence-electron chi connectivity index (χ3n) is 4.81. The first-order valence-electron chi connectivity index (χ1n) is 8.44. The minimum atomic E-state index is -0.107. The molecular formula is C17H25ClN4O2S. The second-order valence-corrected chi connectivity index (χ2v) is 7.82. The second-order valence-electron chi connectivity index (χ2n) is 6.62. The molecule has 2 aromatic rings. The van der Waals surface area contributed by atoms with Crippen molar-refractivity contribution in [3.05, 3.63) is 26.6 Å². The number of amides is 1. The van der Waals surface area contributed by atoms with Gasteiger partial charge in [0, 0.05) is 23.8 Å². The van der Waals surface area contributed by atoms with E-state index in [9.17, 15) is 9.59 Å². The molecule has 0 radical (unpaired) electrons. The van der Waals surface area contributed by atoms with Crippen molar-refractivity contribution in [1.82, 2.24) is 20.6 Å². The fraction of sp³-hybridized carbons (Fsp3) is 0.588. The van der Waals surface area contributed by atoms with Gasteiger partial charge in [0.05, 0.1) is 5.39 Å². The number of piperidine rings is 1. The van der Waals surface area contributed by atoms with Crippen molar-refractivity contribution in [3.8, 4) is 0 Å². The molecule has 0 aromatic carbocycles. The first-order valence-corrected chi connectivity index (χ1v) is 9.26. The molecule has 2 atom stereocenters. The number of halogens is 1. The van der Waals surface area contributed by atoms with Crippen LogP contribution >= 0.6 is 23.7 Å². The van der Waals surface area contributed by atoms with E-state index in [2.05, 4.69) is 27.5 Å². The molecule has 3 rings (SSSR count). The van der Waals surface area contributed by atoms with Crippen molar-refractivity contribution in [2.24, 2.45) is 5.92 Å². The third-order valence-corrected chi connectivity index (χ3v) is 5.91. The molecule has 1 fully saturated rings. The summed E-state index contributed by atoms with van der Waals surface area (Å²) in [6.45, 7) is 7.96. The Labute approximate surface area is 157 Å². The van der Waals surface area contributed by atoms with Gasteiger partial charge in [0.25, 0.3) is 5.56 Å². The molecule has 3 heterocycles. The van der Waals surface area contributed by atoms with Crippen LogP contribution in [0.3, 0.4) is 0 Å². The lowest BCUT2D eigenvalue weighted by Gasteiger charge is -2.30. The monoisotopic (exact) mass is 384 g/mol. The highest BCUT2D eigenvalue weighted by molar-refractivity contribution is 7.18. The molecule has 6 nitrogen and oxygen atoms in total. The zero-order valence-corrected chi connectivity index (χ0v) is 16.4. The van der Waals surface area contributed by atoms with Gasteiger partial charge in [0.15, 0.2) is 0 Å². The van der Waals surface area contributed by atoms with E-state index < -0.39 is 0 Å². The fourth-order valence-corrected chi connectivity index (χ4v) is 4.21. The van der Waals surface area contributed by atoms with Gasteiger partial charge < -0.3 is 15.6 Å². The van der Waals surface area contributed by atoms with Crippen molar-refractivity contribution >= 4 is 39.9 Å². The van der Waals surface area contributed by atoms with Crippen LogP contribution in [0.5, 0.6) is 0 Å². The van der Waals surface area contributed by atoms with Crippen molar-refractivity contribution in [3.63, 3.8) is 0 Å². The SMILES string of the molecule is Cc1sc2nc(CCC(=O)NC3CCNCC3C)[nH]c(=O)c2c1C.Cl. The van der Waals surface area contributed by atoms with Crippen molar-refractivity contribution < 1.29 is 4.79 Å². The molecule has 3 N–H and O–H groups in total. The van der Waals surface area contributed by atoms with Crippen LogP contribution in [-0.2, 0) is 11.2 Å². The number of aromatic amines is 1. The van der Waals surface area contributed by atoms with Gasteiger partial charge in [-0.25, -0.2) is 4.98 Å². The van der Waals surface area contributed by atoms with Gasteiger partial charge in [-0.15, -0.1) is 23.7 Å². The topological polar surface area (TPSA) is 86.9 Å². The Morgan fingerprint density at radius 1 is 1.40 bits per heavy atom. The molecule has 2 unspecified atom stereocenters. The lowest BCUT2D eigenvalue weighted by Crippen LogP contribution is -2.48. The van der Waals surface area contributed by atoms with Gasteiger partial charge in [-0.05, 0) is 44.8 Å². The molecule has 0 bridgehead atoms. The van der Waals surface area contributed by atoms with Gasteiger partial charge in [0.1, 0.15) is 10.7 Å². The number of nitrogens with zero attached hydrogens (tertiary/aromatic N) is 1. The molecular weight excluding hydrogens is 360 g/mol. The molecule has 0 aliphatic carbocycles. The standard InChI is InChI=1S/C17H24N4O2S.ClH/c1-9-8-18-7-6-12(9)19-14(22)5-4-13-20-16(23)15-10(2)11(3)24-17(15)21-13;/h9,12,18H,4-8H2,1-3H3,(H,19,22)(H,20,21,23);1H. The van der Waals surface area contributed by atoms with Crippen LogP contribution in [0.1, 0.15) is 36.0 Å². The summed E-state index contributed by atoms with van der Waals surface area (Å²) in [6, 6.07) is 0.232. The number of hydrogen-bond acceptors (Lipinski definition) is 5. The number of nitrogens with one attached hydrogen (secondary N) is 3. The lowest BCUT2D eigenvalue weighted by molar-refractivity contribution is -0.122. The van der Waals surface area contributed by atoms with Gasteiger partial charge in [0.2, 0.25) is 5.91 Å². The Morgan fingerprint density at radius 3 is 2.88 bits per heavy atom. The fourth-order valence-electron chi connectivity index (χ4n) is 3.16. The van der Waals surface area contributed by atoms with Crippen LogP contribution in [0.2, 0.25) is 0 Å². The molecule has 138 valence electrons. The molecule has 1 saturated heterocycles. The molecule has 2 aromatic heterocycles. The largest absolute Gasteiger partial charge is 0.353 e. The van der Waals surface area contributed by atoms with Crippen LogP contribution in [-0.4, -0.2) is 35.0 Å². The number of aromatic nitrogens is 2. The highest BCUT2D eigenvalue weighted by Crippen LogP contribution is 2.25. The maximum Gasteiger partial charge on any atom is 0.259 e. The number of H-pyrrole nitrogens is 1. The molecule has 0 saturated carbocycles. The van der Waals surface area contributed by atoms with Gasteiger partial charge in [-0.1, -0.05) is 6.92 Å². The molecule has 8 heteroatoms. The first-order chi connectivity index (χ1) is 11.5. The third kappa shape index (κ3) is 4.40. The molecule has 25 heavy (non-hydrogen) atoms. The smallest absolute Gasteiger partial charge is 0.259 e. The number of carbonyl (C=O) groups excluding carboxylic acids is 1. The van der Waals surface area contributed by atoms with E-state index >= 15 is 0 Å². The first kappa shape index (κ1) is 19.9. The number of carbonyl (C=O) groups is 1. The summed E-state index contributed by atoms with van der Waals surface area (Å²) >= 11 is 1.53. The summed E-state index contributed by atoms with van der Waals surface area (Å²) in [7, 11) is 0. The minimum absolute atomic E-state index is 0. The molecule has 1 amide bonds. The highest BCUT2D eigenvalue weighted by atomic mass is 35.5. The van der Waals surface area contributed by atoms with Crippen LogP contribution in [0.4, 0.5) is 0 Å². The predicted molar refractivity (Wildman–Crippen MR) is 104 cm³/mol. The average Bonchev–Trinajstić information content (AvgIpc) is 2.82. The van der Waals surface area contributed by atoms with Crippen molar-refractivity contribution in [2.75, 3.05) is 13.1 Å². The number of thiophene rings is 1. The Morgan fingerprint density at radius 2 is 2.16 bits per heavy atom. The quantitative estimate of drug-likeness (QED) is 0.753. The number of rotatable bonds is 4. The number of fused-ring (bicyclic) bond motifs is 1. The summed E-state index contributed by atoms with van der Waals surface area (Å²) in [6.07, 6.45) is 1.75. The van der Waals surface area contributed by atoms with E-state index in [4.69, 9.17) is 0 Å². The summed E-state index contributed by atoms with van der Waals surface area (Å²) in [5.74, 6) is 1.05. The molecule has 1 aliphatic heterocycles. The summed E-state index contributed by atoms with van der Waals surface area (Å²) in [5.41, 5.74) is 0.886. The van der Waals surface area contributed by atoms with E-state index in [-0.39, 0.29) is 29.9 Å². The van der Waals surface area contributed by atoms with E-state index in [0.717, 1.165) is 34.8 Å². The zero-order valence-electron chi connectivity index (χ0n) is 14.8. The van der Waals surface area contributed by atoms with E-state index in [1.54, 1.807) is 0 Å². The Kier molecular flexibility index (Phi) is 6.59. The Hall–Kier alpha value is -1.44. The average molecular weight is 385 g/mol. The van der Waals surface area contributed by atoms with Gasteiger partial charge in [-0.2, -0.15) is 0 Å². The number of hydrogen-bond donors (Lipinski definition) is 3. The molecule has 0 spiro atoms. The summed E-state index contributed by atoms with van der Waals surface area (Å²) < 4.78 is 0. The van der Waals surface area contributed by atoms with Gasteiger partial charge >= 0.3 is 0 Å². The predicted octanol–water partition coefficient (Wildman–Crippen LogP) is 2.07. The van der Waals surface area contributed by atoms with E-state index in [0.29, 0.717) is 30.0 Å². The van der Waals surface area contributed by atoms with Crippen LogP contribution in [0.25, 0.3) is 10.2 Å². The maximum absolute atomic E-state index is 12.2. The summed E-state index contributed by atoms with van der Waals surface area (Å²) in [5, 5.41) is 7.11. The van der Waals surface area contributed by atoms with E-state index in [1.165, 1.54) is 11.3 Å². The lowest BCUT2D eigenvalue weighted by atomic mass is 9.95. The van der Waals surface area contributed by atoms with E-state index in [1.807, 2.05) is 13.8 Å². The summed E-state index contributed by atoms with van der Waals surface area (Å²) in [4.78, 5) is 33.6. The normalized spacial score (nSPS) is 20.3. The minimum Gasteiger partial charge on any atom is -0.353 e. The maximum atomic E-state index is 12.2. The Balaban J connectivity index is 0.00000225. The zero-order chi connectivity index (χ0) is 17.3. The Bertz CT molecular complexity index is 817. The van der Waals surface area contributed by atoms with Crippen LogP contribution in [0.15, 0.2) is 4.79 Å². The van der Waals surface area contributed by atoms with Gasteiger partial charge in [-0.3, -0.25) is 9.59 Å². The number of aryl methyl sites for hydroxylation is 3. The van der Waals surface area contributed by atoms with Crippen LogP contribution < -0.4 is 16.2 Å². The van der Waals surface area contributed by atoms with Crippen molar-refractivity contribution in [1.29, 1.82) is 0 Å². The van der Waals surface area contributed by atoms with Crippen molar-refractivity contribution in [2.45, 2.75) is 46.1 Å². The second kappa shape index (κ2) is 8.29. The highest BCUT2D eigenvalue weighted by Gasteiger charge is 2.22. The molecule has 1 aliphatic rings.